The minimum absolute atomic E-state index is 0.362. The molecule has 3 aromatic rings. The van der Waals surface area contributed by atoms with Gasteiger partial charge in [-0.05, 0) is 61.7 Å². The summed E-state index contributed by atoms with van der Waals surface area (Å²) >= 11 is 0. The number of aryl methyl sites for hydroxylation is 2. The van der Waals surface area contributed by atoms with Crippen LogP contribution in [-0.4, -0.2) is 22.6 Å². The normalized spacial score (nSPS) is 11.9. The molecule has 3 nitrogen and oxygen atoms in total. The van der Waals surface area contributed by atoms with E-state index in [-0.39, 0.29) is 0 Å². The van der Waals surface area contributed by atoms with E-state index in [1.165, 1.54) is 6.07 Å². The van der Waals surface area contributed by atoms with E-state index < -0.39 is 17.6 Å². The molecular formula is C20H21F4N3. The molecule has 0 saturated heterocycles. The SMILES string of the molecule is CCN(CCCc1cc(F)cc(C(F)(F)F)c1)c1ccc2ncn(C)c2c1. The zero-order valence-corrected chi connectivity index (χ0v) is 15.2. The number of imidazole rings is 1. The molecule has 0 aliphatic heterocycles. The molecule has 2 aromatic carbocycles. The van der Waals surface area contributed by atoms with Gasteiger partial charge in [0.2, 0.25) is 0 Å². The van der Waals surface area contributed by atoms with E-state index in [4.69, 9.17) is 0 Å². The second-order valence-electron chi connectivity index (χ2n) is 6.56. The molecule has 144 valence electrons. The van der Waals surface area contributed by atoms with Crippen molar-refractivity contribution < 1.29 is 17.6 Å². The van der Waals surface area contributed by atoms with Gasteiger partial charge in [-0.3, -0.25) is 0 Å². The van der Waals surface area contributed by atoms with Crippen LogP contribution < -0.4 is 4.90 Å². The Kier molecular flexibility index (Phi) is 5.39. The van der Waals surface area contributed by atoms with Crippen LogP contribution in [0.25, 0.3) is 11.0 Å². The number of halogens is 4. The van der Waals surface area contributed by atoms with Crippen LogP contribution in [0.15, 0.2) is 42.7 Å². The maximum Gasteiger partial charge on any atom is 0.416 e. The number of rotatable bonds is 6. The summed E-state index contributed by atoms with van der Waals surface area (Å²) in [5.41, 5.74) is 2.39. The Balaban J connectivity index is 1.69. The molecule has 3 rings (SSSR count). The van der Waals surface area contributed by atoms with Crippen molar-refractivity contribution >= 4 is 16.7 Å². The smallest absolute Gasteiger partial charge is 0.372 e. The first-order chi connectivity index (χ1) is 12.8. The van der Waals surface area contributed by atoms with Gasteiger partial charge in [0.25, 0.3) is 0 Å². The van der Waals surface area contributed by atoms with E-state index in [1.54, 1.807) is 6.33 Å². The molecule has 0 fully saturated rings. The van der Waals surface area contributed by atoms with E-state index in [0.29, 0.717) is 31.0 Å². The van der Waals surface area contributed by atoms with E-state index >= 15 is 0 Å². The third kappa shape index (κ3) is 4.40. The minimum Gasteiger partial charge on any atom is -0.372 e. The molecule has 0 atom stereocenters. The molecule has 0 radical (unpaired) electrons. The minimum atomic E-state index is -4.54. The van der Waals surface area contributed by atoms with Crippen LogP contribution in [0.3, 0.4) is 0 Å². The highest BCUT2D eigenvalue weighted by atomic mass is 19.4. The lowest BCUT2D eigenvalue weighted by atomic mass is 10.1. The Morgan fingerprint density at radius 2 is 1.89 bits per heavy atom. The number of hydrogen-bond donors (Lipinski definition) is 0. The Morgan fingerprint density at radius 1 is 1.11 bits per heavy atom. The number of anilines is 1. The largest absolute Gasteiger partial charge is 0.416 e. The molecule has 27 heavy (non-hydrogen) atoms. The first-order valence-electron chi connectivity index (χ1n) is 8.80. The zero-order chi connectivity index (χ0) is 19.6. The van der Waals surface area contributed by atoms with Crippen LogP contribution in [0.4, 0.5) is 23.2 Å². The van der Waals surface area contributed by atoms with Crippen molar-refractivity contribution in [2.75, 3.05) is 18.0 Å². The molecule has 0 spiro atoms. The standard InChI is InChI=1S/C20H21F4N3/c1-3-27(17-6-7-18-19(12-17)26(2)13-25-18)8-4-5-14-9-15(20(22,23)24)11-16(21)10-14/h6-7,9-13H,3-5,8H2,1-2H3. The fourth-order valence-electron chi connectivity index (χ4n) is 3.21. The van der Waals surface area contributed by atoms with Crippen molar-refractivity contribution in [2.24, 2.45) is 7.05 Å². The highest BCUT2D eigenvalue weighted by molar-refractivity contribution is 5.79. The Hall–Kier alpha value is -2.57. The summed E-state index contributed by atoms with van der Waals surface area (Å²) in [5.74, 6) is -0.853. The number of hydrogen-bond acceptors (Lipinski definition) is 2. The van der Waals surface area contributed by atoms with E-state index in [1.807, 2.05) is 30.7 Å². The highest BCUT2D eigenvalue weighted by Crippen LogP contribution is 2.30. The molecule has 1 heterocycles. The van der Waals surface area contributed by atoms with Gasteiger partial charge in [-0.2, -0.15) is 13.2 Å². The van der Waals surface area contributed by atoms with Crippen molar-refractivity contribution in [3.63, 3.8) is 0 Å². The molecule has 0 aliphatic rings. The molecule has 1 aromatic heterocycles. The summed E-state index contributed by atoms with van der Waals surface area (Å²) < 4.78 is 53.9. The summed E-state index contributed by atoms with van der Waals surface area (Å²) in [6.45, 7) is 3.45. The van der Waals surface area contributed by atoms with Crippen molar-refractivity contribution in [3.8, 4) is 0 Å². The molecule has 7 heteroatoms. The lowest BCUT2D eigenvalue weighted by Crippen LogP contribution is -2.24. The summed E-state index contributed by atoms with van der Waals surface area (Å²) in [6, 6.07) is 8.73. The molecule has 0 unspecified atom stereocenters. The average Bonchev–Trinajstić information content (AvgIpc) is 2.98. The Bertz CT molecular complexity index is 931. The number of nitrogens with zero attached hydrogens (tertiary/aromatic N) is 3. The molecule has 0 N–H and O–H groups in total. The second kappa shape index (κ2) is 7.58. The van der Waals surface area contributed by atoms with Crippen LogP contribution in [0, 0.1) is 5.82 Å². The van der Waals surface area contributed by atoms with E-state index in [0.717, 1.165) is 29.3 Å². The van der Waals surface area contributed by atoms with Gasteiger partial charge in [-0.1, -0.05) is 0 Å². The van der Waals surface area contributed by atoms with Gasteiger partial charge in [0.05, 0.1) is 22.9 Å². The Labute approximate surface area is 155 Å². The third-order valence-corrected chi connectivity index (χ3v) is 4.63. The van der Waals surface area contributed by atoms with Crippen molar-refractivity contribution in [1.29, 1.82) is 0 Å². The number of alkyl halides is 3. The first kappa shape index (κ1) is 19.2. The molecule has 0 saturated carbocycles. The van der Waals surface area contributed by atoms with Crippen molar-refractivity contribution in [3.05, 3.63) is 59.7 Å². The van der Waals surface area contributed by atoms with Gasteiger partial charge >= 0.3 is 6.18 Å². The van der Waals surface area contributed by atoms with Gasteiger partial charge in [0.15, 0.2) is 0 Å². The molecule has 0 bridgehead atoms. The lowest BCUT2D eigenvalue weighted by Gasteiger charge is -2.23. The van der Waals surface area contributed by atoms with Crippen LogP contribution in [0.2, 0.25) is 0 Å². The average molecular weight is 379 g/mol. The maximum atomic E-state index is 13.5. The van der Waals surface area contributed by atoms with Gasteiger partial charge in [-0.25, -0.2) is 9.37 Å². The summed E-state index contributed by atoms with van der Waals surface area (Å²) in [5, 5.41) is 0. The fraction of sp³-hybridized carbons (Fsp3) is 0.350. The van der Waals surface area contributed by atoms with E-state index in [2.05, 4.69) is 16.0 Å². The van der Waals surface area contributed by atoms with Gasteiger partial charge in [0, 0.05) is 25.8 Å². The molecular weight excluding hydrogens is 358 g/mol. The monoisotopic (exact) mass is 379 g/mol. The predicted octanol–water partition coefficient (Wildman–Crippen LogP) is 5.19. The first-order valence-corrected chi connectivity index (χ1v) is 8.80. The summed E-state index contributed by atoms with van der Waals surface area (Å²) in [4.78, 5) is 6.45. The fourth-order valence-corrected chi connectivity index (χ4v) is 3.21. The maximum absolute atomic E-state index is 13.5. The highest BCUT2D eigenvalue weighted by Gasteiger charge is 2.31. The van der Waals surface area contributed by atoms with Crippen molar-refractivity contribution in [1.82, 2.24) is 9.55 Å². The van der Waals surface area contributed by atoms with Gasteiger partial charge in [0.1, 0.15) is 5.82 Å². The number of fused-ring (bicyclic) bond motifs is 1. The lowest BCUT2D eigenvalue weighted by molar-refractivity contribution is -0.137. The summed E-state index contributed by atoms with van der Waals surface area (Å²) in [7, 11) is 1.93. The molecule has 0 aliphatic carbocycles. The predicted molar refractivity (Wildman–Crippen MR) is 98.3 cm³/mol. The van der Waals surface area contributed by atoms with Crippen LogP contribution >= 0.6 is 0 Å². The van der Waals surface area contributed by atoms with Crippen LogP contribution in [0.5, 0.6) is 0 Å². The number of benzene rings is 2. The van der Waals surface area contributed by atoms with E-state index in [9.17, 15) is 17.6 Å². The quantitative estimate of drug-likeness (QED) is 0.550. The van der Waals surface area contributed by atoms with Gasteiger partial charge < -0.3 is 9.47 Å². The molecule has 0 amide bonds. The summed E-state index contributed by atoms with van der Waals surface area (Å²) in [6.07, 6.45) is -1.78. The zero-order valence-electron chi connectivity index (χ0n) is 15.2. The van der Waals surface area contributed by atoms with Crippen molar-refractivity contribution in [2.45, 2.75) is 25.9 Å². The van der Waals surface area contributed by atoms with Crippen LogP contribution in [-0.2, 0) is 19.6 Å². The van der Waals surface area contributed by atoms with Gasteiger partial charge in [-0.15, -0.1) is 0 Å². The van der Waals surface area contributed by atoms with Crippen LogP contribution in [0.1, 0.15) is 24.5 Å². The second-order valence-corrected chi connectivity index (χ2v) is 6.56. The number of aromatic nitrogens is 2. The Morgan fingerprint density at radius 3 is 2.59 bits per heavy atom. The third-order valence-electron chi connectivity index (χ3n) is 4.63. The topological polar surface area (TPSA) is 21.1 Å².